The fraction of sp³-hybridized carbons (Fsp3) is 0.364. The number of H-pyrrole nitrogens is 1. The number of piperidine rings is 1. The molecule has 146 valence electrons. The van der Waals surface area contributed by atoms with Crippen LogP contribution in [0.1, 0.15) is 24.0 Å². The molecule has 2 heterocycles. The molecule has 0 spiro atoms. The monoisotopic (exact) mass is 440 g/mol. The van der Waals surface area contributed by atoms with Crippen molar-refractivity contribution in [3.05, 3.63) is 58.1 Å². The van der Waals surface area contributed by atoms with Crippen molar-refractivity contribution in [3.63, 3.8) is 0 Å². The molecular weight excluding hydrogens is 416 g/mol. The van der Waals surface area contributed by atoms with Crippen LogP contribution in [0.25, 0.3) is 11.0 Å². The zero-order valence-electron chi connectivity index (χ0n) is 16.0. The Morgan fingerprint density at radius 2 is 2.18 bits per heavy atom. The first-order chi connectivity index (χ1) is 13.6. The van der Waals surface area contributed by atoms with Crippen LogP contribution < -0.4 is 10.2 Å². The number of nitrogens with one attached hydrogen (secondary N) is 2. The van der Waals surface area contributed by atoms with Gasteiger partial charge in [0.15, 0.2) is 0 Å². The summed E-state index contributed by atoms with van der Waals surface area (Å²) in [5.74, 6) is 1.01. The molecule has 0 unspecified atom stereocenters. The standard InChI is InChI=1S/C22H25BrN4O/c1-15-5-2-3-6-16(15)10-11-24-21(28)17-7-4-12-27(14-17)22-25-19-9-8-18(23)13-20(19)26-22/h2-3,5-6,8-9,13,17H,4,7,10-12,14H2,1H3,(H,24,28)(H,25,26)/t17-/m1/s1. The first-order valence-corrected chi connectivity index (χ1v) is 10.6. The highest BCUT2D eigenvalue weighted by Crippen LogP contribution is 2.25. The molecule has 2 N–H and O–H groups in total. The molecule has 4 rings (SSSR count). The third kappa shape index (κ3) is 4.22. The van der Waals surface area contributed by atoms with Gasteiger partial charge in [-0.1, -0.05) is 40.2 Å². The molecule has 6 heteroatoms. The van der Waals surface area contributed by atoms with Crippen LogP contribution in [-0.4, -0.2) is 35.5 Å². The lowest BCUT2D eigenvalue weighted by Crippen LogP contribution is -2.43. The molecule has 0 radical (unpaired) electrons. The maximum Gasteiger partial charge on any atom is 0.224 e. The van der Waals surface area contributed by atoms with Gasteiger partial charge in [-0.3, -0.25) is 4.79 Å². The zero-order chi connectivity index (χ0) is 19.5. The number of aromatic amines is 1. The number of aromatic nitrogens is 2. The van der Waals surface area contributed by atoms with E-state index in [0.29, 0.717) is 13.1 Å². The van der Waals surface area contributed by atoms with Gasteiger partial charge in [-0.15, -0.1) is 0 Å². The molecule has 1 atom stereocenters. The summed E-state index contributed by atoms with van der Waals surface area (Å²) in [5, 5.41) is 3.13. The van der Waals surface area contributed by atoms with Crippen molar-refractivity contribution >= 4 is 38.8 Å². The molecule has 28 heavy (non-hydrogen) atoms. The molecule has 1 fully saturated rings. The Bertz CT molecular complexity index is 984. The molecule has 1 aromatic heterocycles. The summed E-state index contributed by atoms with van der Waals surface area (Å²) in [6, 6.07) is 14.4. The number of imidazole rings is 1. The summed E-state index contributed by atoms with van der Waals surface area (Å²) >= 11 is 3.50. The van der Waals surface area contributed by atoms with Crippen molar-refractivity contribution in [1.29, 1.82) is 0 Å². The van der Waals surface area contributed by atoms with Crippen molar-refractivity contribution in [2.24, 2.45) is 5.92 Å². The van der Waals surface area contributed by atoms with Crippen molar-refractivity contribution in [1.82, 2.24) is 15.3 Å². The molecule has 1 aliphatic heterocycles. The molecule has 3 aromatic rings. The van der Waals surface area contributed by atoms with Crippen LogP contribution in [0.15, 0.2) is 46.9 Å². The van der Waals surface area contributed by atoms with Crippen LogP contribution in [0.2, 0.25) is 0 Å². The predicted molar refractivity (Wildman–Crippen MR) is 117 cm³/mol. The van der Waals surface area contributed by atoms with Gasteiger partial charge in [-0.05, 0) is 55.5 Å². The normalized spacial score (nSPS) is 17.1. The van der Waals surface area contributed by atoms with E-state index >= 15 is 0 Å². The summed E-state index contributed by atoms with van der Waals surface area (Å²) in [6.45, 7) is 4.42. The molecule has 0 saturated carbocycles. The number of carbonyl (C=O) groups excluding carboxylic acids is 1. The summed E-state index contributed by atoms with van der Waals surface area (Å²) in [4.78, 5) is 23.0. The lowest BCUT2D eigenvalue weighted by Gasteiger charge is -2.31. The molecular formula is C22H25BrN4O. The van der Waals surface area contributed by atoms with Gasteiger partial charge in [0.05, 0.1) is 17.0 Å². The minimum Gasteiger partial charge on any atom is -0.355 e. The van der Waals surface area contributed by atoms with E-state index in [1.165, 1.54) is 11.1 Å². The molecule has 2 aromatic carbocycles. The van der Waals surface area contributed by atoms with Crippen LogP contribution in [0.3, 0.4) is 0 Å². The average Bonchev–Trinajstić information content (AvgIpc) is 3.13. The number of hydrogen-bond acceptors (Lipinski definition) is 3. The zero-order valence-corrected chi connectivity index (χ0v) is 17.6. The van der Waals surface area contributed by atoms with Gasteiger partial charge >= 0.3 is 0 Å². The van der Waals surface area contributed by atoms with E-state index in [9.17, 15) is 4.79 Å². The first-order valence-electron chi connectivity index (χ1n) is 9.82. The first kappa shape index (κ1) is 19.0. The van der Waals surface area contributed by atoms with Crippen LogP contribution in [0, 0.1) is 12.8 Å². The highest BCUT2D eigenvalue weighted by atomic mass is 79.9. The Morgan fingerprint density at radius 3 is 3.04 bits per heavy atom. The second-order valence-electron chi connectivity index (χ2n) is 7.47. The topological polar surface area (TPSA) is 61.0 Å². The van der Waals surface area contributed by atoms with Gasteiger partial charge < -0.3 is 15.2 Å². The molecule has 1 amide bonds. The fourth-order valence-corrected chi connectivity index (χ4v) is 4.22. The maximum atomic E-state index is 12.7. The fourth-order valence-electron chi connectivity index (χ4n) is 3.86. The van der Waals surface area contributed by atoms with Gasteiger partial charge in [0.2, 0.25) is 11.9 Å². The van der Waals surface area contributed by atoms with E-state index < -0.39 is 0 Å². The quantitative estimate of drug-likeness (QED) is 0.624. The van der Waals surface area contributed by atoms with Crippen molar-refractivity contribution in [2.75, 3.05) is 24.5 Å². The second-order valence-corrected chi connectivity index (χ2v) is 8.39. The number of carbonyl (C=O) groups is 1. The Balaban J connectivity index is 1.36. The van der Waals surface area contributed by atoms with E-state index in [4.69, 9.17) is 4.98 Å². The number of benzene rings is 2. The van der Waals surface area contributed by atoms with Gasteiger partial charge in [-0.2, -0.15) is 0 Å². The summed E-state index contributed by atoms with van der Waals surface area (Å²) in [7, 11) is 0. The van der Waals surface area contributed by atoms with Crippen LogP contribution in [0.5, 0.6) is 0 Å². The summed E-state index contributed by atoms with van der Waals surface area (Å²) in [5.41, 5.74) is 4.52. The maximum absolute atomic E-state index is 12.7. The molecule has 1 saturated heterocycles. The minimum atomic E-state index is 0.00516. The average molecular weight is 441 g/mol. The predicted octanol–water partition coefficient (Wildman–Crippen LogP) is 4.21. The van der Waals surface area contributed by atoms with E-state index in [1.807, 2.05) is 24.3 Å². The molecule has 5 nitrogen and oxygen atoms in total. The smallest absolute Gasteiger partial charge is 0.224 e. The Hall–Kier alpha value is -2.34. The molecule has 0 aliphatic carbocycles. The highest BCUT2D eigenvalue weighted by Gasteiger charge is 2.27. The number of aryl methyl sites for hydroxylation is 1. The van der Waals surface area contributed by atoms with Crippen LogP contribution >= 0.6 is 15.9 Å². The van der Waals surface area contributed by atoms with Gasteiger partial charge in [-0.25, -0.2) is 4.98 Å². The molecule has 1 aliphatic rings. The Kier molecular flexibility index (Phi) is 5.67. The van der Waals surface area contributed by atoms with Gasteiger partial charge in [0, 0.05) is 24.1 Å². The third-order valence-electron chi connectivity index (χ3n) is 5.48. The minimum absolute atomic E-state index is 0.00516. The SMILES string of the molecule is Cc1ccccc1CCNC(=O)[C@@H]1CCCN(c2nc3ccc(Br)cc3[nH]2)C1. The Morgan fingerprint density at radius 1 is 1.32 bits per heavy atom. The van der Waals surface area contributed by atoms with E-state index in [2.05, 4.69) is 56.3 Å². The van der Waals surface area contributed by atoms with Crippen LogP contribution in [0.4, 0.5) is 5.95 Å². The molecule has 0 bridgehead atoms. The summed E-state index contributed by atoms with van der Waals surface area (Å²) in [6.07, 6.45) is 2.79. The number of halogens is 1. The summed E-state index contributed by atoms with van der Waals surface area (Å²) < 4.78 is 1.03. The van der Waals surface area contributed by atoms with Gasteiger partial charge in [0.1, 0.15) is 0 Å². The lowest BCUT2D eigenvalue weighted by atomic mass is 9.97. The van der Waals surface area contributed by atoms with Gasteiger partial charge in [0.25, 0.3) is 0 Å². The van der Waals surface area contributed by atoms with Crippen molar-refractivity contribution in [2.45, 2.75) is 26.2 Å². The third-order valence-corrected chi connectivity index (χ3v) is 5.97. The highest BCUT2D eigenvalue weighted by molar-refractivity contribution is 9.10. The number of hydrogen-bond donors (Lipinski definition) is 2. The van der Waals surface area contributed by atoms with E-state index in [1.54, 1.807) is 0 Å². The largest absolute Gasteiger partial charge is 0.355 e. The lowest BCUT2D eigenvalue weighted by molar-refractivity contribution is -0.125. The van der Waals surface area contributed by atoms with E-state index in [0.717, 1.165) is 47.3 Å². The second kappa shape index (κ2) is 8.35. The van der Waals surface area contributed by atoms with Crippen LogP contribution in [-0.2, 0) is 11.2 Å². The number of anilines is 1. The van der Waals surface area contributed by atoms with Crippen molar-refractivity contribution in [3.8, 4) is 0 Å². The number of rotatable bonds is 5. The van der Waals surface area contributed by atoms with Crippen molar-refractivity contribution < 1.29 is 4.79 Å². The number of nitrogens with zero attached hydrogens (tertiary/aromatic N) is 2. The Labute approximate surface area is 173 Å². The number of amides is 1. The van der Waals surface area contributed by atoms with E-state index in [-0.39, 0.29) is 11.8 Å². The number of fused-ring (bicyclic) bond motifs is 1.